The van der Waals surface area contributed by atoms with Crippen LogP contribution in [0.1, 0.15) is 6.92 Å². The van der Waals surface area contributed by atoms with E-state index in [2.05, 4.69) is 5.32 Å². The first-order chi connectivity index (χ1) is 7.39. The van der Waals surface area contributed by atoms with Crippen molar-refractivity contribution in [1.82, 2.24) is 0 Å². The van der Waals surface area contributed by atoms with Gasteiger partial charge >= 0.3 is 6.18 Å². The van der Waals surface area contributed by atoms with Gasteiger partial charge in [-0.15, -0.1) is 0 Å². The van der Waals surface area contributed by atoms with E-state index in [9.17, 15) is 13.2 Å². The molecule has 2 nitrogen and oxygen atoms in total. The van der Waals surface area contributed by atoms with E-state index in [4.69, 9.17) is 5.11 Å². The average Bonchev–Trinajstić information content (AvgIpc) is 2.17. The molecule has 0 aliphatic heterocycles. The predicted molar refractivity (Wildman–Crippen MR) is 55.9 cm³/mol. The highest BCUT2D eigenvalue weighted by atomic mass is 19.4. The molecule has 5 heteroatoms. The fourth-order valence-electron chi connectivity index (χ4n) is 1.12. The molecule has 1 atom stereocenters. The lowest BCUT2D eigenvalue weighted by Gasteiger charge is -2.12. The molecule has 1 aromatic carbocycles. The molecule has 0 saturated heterocycles. The summed E-state index contributed by atoms with van der Waals surface area (Å²) in [6.07, 6.45) is -6.34. The number of nitrogens with one attached hydrogen (secondary N) is 1. The van der Waals surface area contributed by atoms with Crippen LogP contribution in [0.2, 0.25) is 0 Å². The van der Waals surface area contributed by atoms with E-state index in [0.717, 1.165) is 6.08 Å². The van der Waals surface area contributed by atoms with E-state index in [1.165, 1.54) is 6.92 Å². The van der Waals surface area contributed by atoms with Crippen LogP contribution >= 0.6 is 0 Å². The third kappa shape index (κ3) is 3.94. The molecule has 1 unspecified atom stereocenters. The van der Waals surface area contributed by atoms with E-state index in [1.54, 1.807) is 30.3 Å². The van der Waals surface area contributed by atoms with Crippen molar-refractivity contribution in [2.45, 2.75) is 19.2 Å². The van der Waals surface area contributed by atoms with Gasteiger partial charge in [-0.05, 0) is 25.1 Å². The number of alkyl halides is 3. The van der Waals surface area contributed by atoms with Crippen LogP contribution in [-0.4, -0.2) is 17.4 Å². The summed E-state index contributed by atoms with van der Waals surface area (Å²) in [5, 5.41) is 11.5. The largest absolute Gasteiger partial charge is 0.418 e. The average molecular weight is 231 g/mol. The topological polar surface area (TPSA) is 32.3 Å². The number of halogens is 3. The van der Waals surface area contributed by atoms with Crippen molar-refractivity contribution in [2.75, 3.05) is 5.32 Å². The van der Waals surface area contributed by atoms with Crippen LogP contribution in [0.4, 0.5) is 18.9 Å². The van der Waals surface area contributed by atoms with E-state index in [1.807, 2.05) is 0 Å². The lowest BCUT2D eigenvalue weighted by molar-refractivity contribution is -0.187. The molecule has 0 aliphatic rings. The molecule has 0 spiro atoms. The van der Waals surface area contributed by atoms with Crippen LogP contribution in [0.25, 0.3) is 0 Å². The molecule has 0 aromatic heterocycles. The van der Waals surface area contributed by atoms with Crippen molar-refractivity contribution in [3.05, 3.63) is 42.1 Å². The molecule has 2 N–H and O–H groups in total. The zero-order valence-electron chi connectivity index (χ0n) is 8.62. The fourth-order valence-corrected chi connectivity index (χ4v) is 1.12. The van der Waals surface area contributed by atoms with Crippen LogP contribution < -0.4 is 5.32 Å². The molecule has 1 rings (SSSR count). The molecule has 16 heavy (non-hydrogen) atoms. The number of para-hydroxylation sites is 1. The third-order valence-electron chi connectivity index (χ3n) is 1.86. The maximum atomic E-state index is 12.0. The lowest BCUT2D eigenvalue weighted by atomic mass is 10.2. The van der Waals surface area contributed by atoms with Crippen molar-refractivity contribution in [1.29, 1.82) is 0 Å². The van der Waals surface area contributed by atoms with E-state index < -0.39 is 12.3 Å². The maximum absolute atomic E-state index is 12.0. The number of allylic oxidation sites excluding steroid dienone is 1. The van der Waals surface area contributed by atoms with Crippen molar-refractivity contribution < 1.29 is 18.3 Å². The highest BCUT2D eigenvalue weighted by Gasteiger charge is 2.36. The maximum Gasteiger partial charge on any atom is 0.418 e. The second-order valence-electron chi connectivity index (χ2n) is 3.33. The number of hydrogen-bond donors (Lipinski definition) is 2. The molecule has 0 bridgehead atoms. The van der Waals surface area contributed by atoms with Crippen LogP contribution in [0.3, 0.4) is 0 Å². The first-order valence-electron chi connectivity index (χ1n) is 4.65. The molecular formula is C11H12F3NO. The summed E-state index contributed by atoms with van der Waals surface area (Å²) in [5.74, 6) is 0. The first kappa shape index (κ1) is 12.6. The summed E-state index contributed by atoms with van der Waals surface area (Å²) in [4.78, 5) is 0. The van der Waals surface area contributed by atoms with Gasteiger partial charge in [-0.2, -0.15) is 13.2 Å². The van der Waals surface area contributed by atoms with Crippen LogP contribution in [0, 0.1) is 0 Å². The normalized spacial score (nSPS) is 14.7. The van der Waals surface area contributed by atoms with Crippen LogP contribution in [0.15, 0.2) is 42.1 Å². The minimum absolute atomic E-state index is 0.246. The fraction of sp³-hybridized carbons (Fsp3) is 0.273. The first-order valence-corrected chi connectivity index (χ1v) is 4.65. The highest BCUT2D eigenvalue weighted by molar-refractivity contribution is 5.47. The summed E-state index contributed by atoms with van der Waals surface area (Å²) >= 11 is 0. The Labute approximate surface area is 91.4 Å². The van der Waals surface area contributed by atoms with E-state index in [0.29, 0.717) is 5.69 Å². The van der Waals surface area contributed by atoms with Crippen molar-refractivity contribution >= 4 is 5.69 Å². The molecule has 0 heterocycles. The third-order valence-corrected chi connectivity index (χ3v) is 1.86. The number of benzene rings is 1. The molecule has 0 aliphatic carbocycles. The van der Waals surface area contributed by atoms with Gasteiger partial charge in [0.05, 0.1) is 0 Å². The highest BCUT2D eigenvalue weighted by Crippen LogP contribution is 2.22. The standard InChI is InChI=1S/C11H12F3NO/c1-8(7-10(16)11(12,13)14)15-9-5-3-2-4-6-9/h2-7,10,15-16H,1H3/b8-7-. The number of anilines is 1. The Morgan fingerprint density at radius 1 is 1.31 bits per heavy atom. The zero-order valence-corrected chi connectivity index (χ0v) is 8.62. The Hall–Kier alpha value is -1.49. The van der Waals surface area contributed by atoms with Gasteiger partial charge in [-0.3, -0.25) is 0 Å². The van der Waals surface area contributed by atoms with E-state index >= 15 is 0 Å². The molecule has 0 radical (unpaired) electrons. The Morgan fingerprint density at radius 3 is 2.38 bits per heavy atom. The number of hydrogen-bond acceptors (Lipinski definition) is 2. The summed E-state index contributed by atoms with van der Waals surface area (Å²) in [6.45, 7) is 1.46. The van der Waals surface area contributed by atoms with Crippen molar-refractivity contribution in [3.8, 4) is 0 Å². The Morgan fingerprint density at radius 2 is 1.88 bits per heavy atom. The number of rotatable bonds is 3. The lowest BCUT2D eigenvalue weighted by Crippen LogP contribution is -2.27. The molecular weight excluding hydrogens is 219 g/mol. The Balaban J connectivity index is 2.66. The second-order valence-corrected chi connectivity index (χ2v) is 3.33. The van der Waals surface area contributed by atoms with Crippen LogP contribution in [-0.2, 0) is 0 Å². The van der Waals surface area contributed by atoms with Gasteiger partial charge in [0, 0.05) is 11.4 Å². The summed E-state index contributed by atoms with van der Waals surface area (Å²) in [6, 6.07) is 8.76. The molecule has 88 valence electrons. The molecule has 0 saturated carbocycles. The van der Waals surface area contributed by atoms with Gasteiger partial charge in [0.2, 0.25) is 0 Å². The van der Waals surface area contributed by atoms with Gasteiger partial charge in [0.1, 0.15) is 0 Å². The van der Waals surface area contributed by atoms with E-state index in [-0.39, 0.29) is 5.70 Å². The minimum Gasteiger partial charge on any atom is -0.380 e. The van der Waals surface area contributed by atoms with Gasteiger partial charge in [0.15, 0.2) is 6.10 Å². The van der Waals surface area contributed by atoms with Gasteiger partial charge in [-0.25, -0.2) is 0 Å². The number of aliphatic hydroxyl groups is 1. The second kappa shape index (κ2) is 5.03. The monoisotopic (exact) mass is 231 g/mol. The van der Waals surface area contributed by atoms with Crippen molar-refractivity contribution in [3.63, 3.8) is 0 Å². The summed E-state index contributed by atoms with van der Waals surface area (Å²) < 4.78 is 36.1. The zero-order chi connectivity index (χ0) is 12.2. The predicted octanol–water partition coefficient (Wildman–Crippen LogP) is 2.93. The number of aliphatic hydroxyl groups excluding tert-OH is 1. The van der Waals surface area contributed by atoms with Crippen LogP contribution in [0.5, 0.6) is 0 Å². The quantitative estimate of drug-likeness (QED) is 0.838. The smallest absolute Gasteiger partial charge is 0.380 e. The van der Waals surface area contributed by atoms with Crippen molar-refractivity contribution in [2.24, 2.45) is 0 Å². The molecule has 0 fully saturated rings. The molecule has 0 amide bonds. The summed E-state index contributed by atoms with van der Waals surface area (Å²) in [5.41, 5.74) is 0.918. The minimum atomic E-state index is -4.63. The summed E-state index contributed by atoms with van der Waals surface area (Å²) in [7, 11) is 0. The Kier molecular flexibility index (Phi) is 3.95. The van der Waals surface area contributed by atoms with Gasteiger partial charge < -0.3 is 10.4 Å². The van der Waals surface area contributed by atoms with Gasteiger partial charge in [-0.1, -0.05) is 18.2 Å². The van der Waals surface area contributed by atoms with Gasteiger partial charge in [0.25, 0.3) is 0 Å². The SMILES string of the molecule is C/C(=C/C(O)C(F)(F)F)Nc1ccccc1. The molecule has 1 aromatic rings. The Bertz CT molecular complexity index is 359.